The maximum atomic E-state index is 13.3. The molecule has 1 aliphatic carbocycles. The van der Waals surface area contributed by atoms with E-state index in [9.17, 15) is 9.59 Å². The lowest BCUT2D eigenvalue weighted by Crippen LogP contribution is -2.27. The van der Waals surface area contributed by atoms with Crippen LogP contribution in [-0.4, -0.2) is 27.8 Å². The summed E-state index contributed by atoms with van der Waals surface area (Å²) < 4.78 is 7.06. The molecule has 3 aromatic rings. The zero-order chi connectivity index (χ0) is 23.2. The Hall–Kier alpha value is -3.06. The van der Waals surface area contributed by atoms with Gasteiger partial charge in [-0.2, -0.15) is 0 Å². The molecule has 1 amide bonds. The van der Waals surface area contributed by atoms with Crippen molar-refractivity contribution < 1.29 is 9.53 Å². The van der Waals surface area contributed by atoms with Gasteiger partial charge >= 0.3 is 0 Å². The van der Waals surface area contributed by atoms with E-state index in [0.29, 0.717) is 34.0 Å². The summed E-state index contributed by atoms with van der Waals surface area (Å²) in [5.41, 5.74) is 2.61. The number of allylic oxidation sites excluding steroid dienone is 2. The van der Waals surface area contributed by atoms with Gasteiger partial charge in [0.2, 0.25) is 5.91 Å². The molecule has 1 aliphatic rings. The van der Waals surface area contributed by atoms with E-state index >= 15 is 0 Å². The number of carbonyl (C=O) groups excluding carboxylic acids is 1. The Bertz CT molecular complexity index is 1230. The minimum absolute atomic E-state index is 0.0585. The molecule has 33 heavy (non-hydrogen) atoms. The maximum Gasteiger partial charge on any atom is 0.262 e. The van der Waals surface area contributed by atoms with E-state index in [0.717, 1.165) is 19.3 Å². The summed E-state index contributed by atoms with van der Waals surface area (Å²) in [6.45, 7) is 2.39. The summed E-state index contributed by atoms with van der Waals surface area (Å²) in [5, 5.41) is 3.64. The summed E-state index contributed by atoms with van der Waals surface area (Å²) in [5.74, 6) is 0.429. The molecule has 0 spiro atoms. The molecule has 0 bridgehead atoms. The van der Waals surface area contributed by atoms with Gasteiger partial charge in [0.1, 0.15) is 5.75 Å². The van der Waals surface area contributed by atoms with E-state index in [1.54, 1.807) is 23.8 Å². The zero-order valence-electron chi connectivity index (χ0n) is 19.0. The van der Waals surface area contributed by atoms with Gasteiger partial charge in [0, 0.05) is 6.54 Å². The number of methoxy groups -OCH3 is 1. The number of aromatic nitrogens is 2. The van der Waals surface area contributed by atoms with Gasteiger partial charge in [-0.05, 0) is 63.3 Å². The van der Waals surface area contributed by atoms with E-state index < -0.39 is 5.25 Å². The highest BCUT2D eigenvalue weighted by Crippen LogP contribution is 2.28. The molecule has 0 fully saturated rings. The Kier molecular flexibility index (Phi) is 7.50. The summed E-state index contributed by atoms with van der Waals surface area (Å²) in [4.78, 5) is 31.0. The minimum atomic E-state index is -0.455. The van der Waals surface area contributed by atoms with Crippen molar-refractivity contribution in [3.63, 3.8) is 0 Å². The van der Waals surface area contributed by atoms with Crippen molar-refractivity contribution in [3.8, 4) is 5.75 Å². The van der Waals surface area contributed by atoms with E-state index in [1.165, 1.54) is 30.2 Å². The lowest BCUT2D eigenvalue weighted by Gasteiger charge is -2.18. The highest BCUT2D eigenvalue weighted by Gasteiger charge is 2.21. The number of nitrogens with one attached hydrogen (secondary N) is 1. The number of hydrogen-bond acceptors (Lipinski definition) is 5. The molecule has 6 nitrogen and oxygen atoms in total. The number of hydrogen-bond donors (Lipinski definition) is 1. The summed E-state index contributed by atoms with van der Waals surface area (Å²) in [6, 6.07) is 14.7. The number of fused-ring (bicyclic) bond motifs is 1. The Morgan fingerprint density at radius 2 is 1.97 bits per heavy atom. The largest absolute Gasteiger partial charge is 0.495 e. The van der Waals surface area contributed by atoms with Crippen LogP contribution in [0.5, 0.6) is 5.75 Å². The maximum absolute atomic E-state index is 13.3. The normalized spacial score (nSPS) is 14.5. The standard InChI is InChI=1S/C26H29N3O3S/c1-18(24(30)27-22-14-8-9-15-23(22)32-2)33-26-28-21-13-7-6-12-20(21)25(31)29(26)17-16-19-10-4-3-5-11-19/h6-10,12-15,18H,3-5,11,16-17H2,1-2H3,(H,27,30). The Morgan fingerprint density at radius 1 is 1.18 bits per heavy atom. The third kappa shape index (κ3) is 5.47. The number of amides is 1. The summed E-state index contributed by atoms with van der Waals surface area (Å²) >= 11 is 1.31. The molecule has 0 radical (unpaired) electrons. The number of ether oxygens (including phenoxy) is 1. The van der Waals surface area contributed by atoms with Crippen molar-refractivity contribution in [2.24, 2.45) is 0 Å². The molecular weight excluding hydrogens is 434 g/mol. The number of para-hydroxylation sites is 3. The molecular formula is C26H29N3O3S. The topological polar surface area (TPSA) is 73.2 Å². The number of nitrogens with zero attached hydrogens (tertiary/aromatic N) is 2. The minimum Gasteiger partial charge on any atom is -0.495 e. The van der Waals surface area contributed by atoms with E-state index in [-0.39, 0.29) is 11.5 Å². The molecule has 0 aliphatic heterocycles. The highest BCUT2D eigenvalue weighted by atomic mass is 32.2. The van der Waals surface area contributed by atoms with Gasteiger partial charge in [0.15, 0.2) is 5.16 Å². The molecule has 1 heterocycles. The quantitative estimate of drug-likeness (QED) is 0.275. The van der Waals surface area contributed by atoms with Gasteiger partial charge in [-0.3, -0.25) is 14.2 Å². The molecule has 0 saturated heterocycles. The van der Waals surface area contributed by atoms with Crippen LogP contribution in [0.15, 0.2) is 70.1 Å². The summed E-state index contributed by atoms with van der Waals surface area (Å²) in [6.07, 6.45) is 7.78. The fourth-order valence-electron chi connectivity index (χ4n) is 4.02. The predicted molar refractivity (Wildman–Crippen MR) is 134 cm³/mol. The molecule has 7 heteroatoms. The molecule has 0 saturated carbocycles. The van der Waals surface area contributed by atoms with Crippen LogP contribution in [0, 0.1) is 0 Å². The number of benzene rings is 2. The van der Waals surface area contributed by atoms with Crippen LogP contribution < -0.4 is 15.6 Å². The SMILES string of the molecule is COc1ccccc1NC(=O)C(C)Sc1nc2ccccc2c(=O)n1CCC1=CCCCC1. The van der Waals surface area contributed by atoms with Gasteiger partial charge in [-0.1, -0.05) is 47.7 Å². The molecule has 1 N–H and O–H groups in total. The summed E-state index contributed by atoms with van der Waals surface area (Å²) in [7, 11) is 1.57. The van der Waals surface area contributed by atoms with Crippen molar-refractivity contribution in [1.82, 2.24) is 9.55 Å². The van der Waals surface area contributed by atoms with Crippen LogP contribution in [0.2, 0.25) is 0 Å². The second-order valence-electron chi connectivity index (χ2n) is 8.18. The van der Waals surface area contributed by atoms with Crippen molar-refractivity contribution >= 4 is 34.3 Å². The molecule has 172 valence electrons. The third-order valence-corrected chi connectivity index (χ3v) is 6.97. The average molecular weight is 464 g/mol. The van der Waals surface area contributed by atoms with E-state index in [1.807, 2.05) is 43.3 Å². The average Bonchev–Trinajstić information content (AvgIpc) is 2.84. The van der Waals surface area contributed by atoms with Crippen molar-refractivity contribution in [1.29, 1.82) is 0 Å². The lowest BCUT2D eigenvalue weighted by atomic mass is 9.97. The number of rotatable bonds is 8. The van der Waals surface area contributed by atoms with Gasteiger partial charge < -0.3 is 10.1 Å². The Balaban J connectivity index is 1.59. The van der Waals surface area contributed by atoms with Crippen LogP contribution in [0.3, 0.4) is 0 Å². The first kappa shape index (κ1) is 23.1. The van der Waals surface area contributed by atoms with Gasteiger partial charge in [-0.15, -0.1) is 0 Å². The van der Waals surface area contributed by atoms with E-state index in [4.69, 9.17) is 9.72 Å². The molecule has 1 unspecified atom stereocenters. The van der Waals surface area contributed by atoms with Crippen LogP contribution in [0.4, 0.5) is 5.69 Å². The number of thioether (sulfide) groups is 1. The second-order valence-corrected chi connectivity index (χ2v) is 9.48. The third-order valence-electron chi connectivity index (χ3n) is 5.88. The molecule has 1 aromatic heterocycles. The lowest BCUT2D eigenvalue weighted by molar-refractivity contribution is -0.115. The zero-order valence-corrected chi connectivity index (χ0v) is 19.9. The monoisotopic (exact) mass is 463 g/mol. The van der Waals surface area contributed by atoms with Gasteiger partial charge in [0.25, 0.3) is 5.56 Å². The van der Waals surface area contributed by atoms with Crippen LogP contribution >= 0.6 is 11.8 Å². The molecule has 4 rings (SSSR count). The van der Waals surface area contributed by atoms with Crippen molar-refractivity contribution in [2.45, 2.75) is 56.0 Å². The highest BCUT2D eigenvalue weighted by molar-refractivity contribution is 8.00. The van der Waals surface area contributed by atoms with Crippen LogP contribution in [-0.2, 0) is 11.3 Å². The molecule has 2 aromatic carbocycles. The fourth-order valence-corrected chi connectivity index (χ4v) is 4.95. The number of carbonyl (C=O) groups is 1. The smallest absolute Gasteiger partial charge is 0.262 e. The second kappa shape index (κ2) is 10.7. The van der Waals surface area contributed by atoms with Gasteiger partial charge in [-0.25, -0.2) is 4.98 Å². The van der Waals surface area contributed by atoms with Gasteiger partial charge in [0.05, 0.1) is 29.0 Å². The van der Waals surface area contributed by atoms with Crippen LogP contribution in [0.25, 0.3) is 10.9 Å². The first-order chi connectivity index (χ1) is 16.1. The first-order valence-corrected chi connectivity index (χ1v) is 12.2. The van der Waals surface area contributed by atoms with Crippen molar-refractivity contribution in [2.75, 3.05) is 12.4 Å². The fraction of sp³-hybridized carbons (Fsp3) is 0.346. The predicted octanol–water partition coefficient (Wildman–Crippen LogP) is 5.41. The first-order valence-electron chi connectivity index (χ1n) is 11.3. The Labute approximate surface area is 198 Å². The number of anilines is 1. The molecule has 1 atom stereocenters. The van der Waals surface area contributed by atoms with E-state index in [2.05, 4.69) is 11.4 Å². The van der Waals surface area contributed by atoms with Crippen molar-refractivity contribution in [3.05, 3.63) is 70.5 Å². The Morgan fingerprint density at radius 3 is 2.76 bits per heavy atom. The van der Waals surface area contributed by atoms with Crippen LogP contribution in [0.1, 0.15) is 39.0 Å².